The Kier molecular flexibility index (Phi) is 7.84. The average Bonchev–Trinajstić information content (AvgIpc) is 3.13. The third kappa shape index (κ3) is 6.29. The number of aromatic nitrogens is 3. The molecule has 0 saturated heterocycles. The maximum Gasteiger partial charge on any atom is 0.237 e. The van der Waals surface area contributed by atoms with E-state index in [1.54, 1.807) is 19.1 Å². The minimum atomic E-state index is -0.462. The van der Waals surface area contributed by atoms with Crippen molar-refractivity contribution < 1.29 is 18.3 Å². The number of hydrogen-bond acceptors (Lipinski definition) is 5. The Labute approximate surface area is 190 Å². The minimum absolute atomic E-state index is 0.224. The average molecular weight is 461 g/mol. The zero-order chi connectivity index (χ0) is 23.3. The van der Waals surface area contributed by atoms with Crippen LogP contribution < -0.4 is 10.1 Å². The molecule has 0 radical (unpaired) electrons. The van der Waals surface area contributed by atoms with Crippen molar-refractivity contribution >= 4 is 23.4 Å². The van der Waals surface area contributed by atoms with E-state index in [0.29, 0.717) is 34.9 Å². The lowest BCUT2D eigenvalue weighted by molar-refractivity contribution is -0.115. The van der Waals surface area contributed by atoms with Gasteiger partial charge in [0.15, 0.2) is 17.1 Å². The van der Waals surface area contributed by atoms with Crippen molar-refractivity contribution in [3.05, 3.63) is 66.0 Å². The standard InChI is InChI=1S/C23H26F2N4O2S/c1-14(2)13-29-21(15(3)31-20-11-7-18(25)8-12-20)27-28-23(29)32-16(4)22(30)26-19-9-5-17(24)6-10-19/h5-12,14-16H,13H2,1-4H3,(H,26,30). The van der Waals surface area contributed by atoms with Crippen LogP contribution in [0.3, 0.4) is 0 Å². The molecule has 1 aromatic heterocycles. The van der Waals surface area contributed by atoms with E-state index in [0.717, 1.165) is 0 Å². The van der Waals surface area contributed by atoms with Crippen LogP contribution in [-0.2, 0) is 11.3 Å². The van der Waals surface area contributed by atoms with Gasteiger partial charge in [0.05, 0.1) is 5.25 Å². The van der Waals surface area contributed by atoms with E-state index in [4.69, 9.17) is 4.74 Å². The van der Waals surface area contributed by atoms with E-state index in [1.165, 1.54) is 48.2 Å². The Morgan fingerprint density at radius 1 is 1.00 bits per heavy atom. The topological polar surface area (TPSA) is 69.0 Å². The molecule has 0 fully saturated rings. The highest BCUT2D eigenvalue weighted by molar-refractivity contribution is 8.00. The number of amides is 1. The van der Waals surface area contributed by atoms with Crippen molar-refractivity contribution in [1.29, 1.82) is 0 Å². The highest BCUT2D eigenvalue weighted by Gasteiger charge is 2.24. The van der Waals surface area contributed by atoms with Crippen molar-refractivity contribution in [3.8, 4) is 5.75 Å². The minimum Gasteiger partial charge on any atom is -0.483 e. The smallest absolute Gasteiger partial charge is 0.237 e. The fraction of sp³-hybridized carbons (Fsp3) is 0.348. The zero-order valence-electron chi connectivity index (χ0n) is 18.4. The van der Waals surface area contributed by atoms with Gasteiger partial charge in [-0.25, -0.2) is 8.78 Å². The Morgan fingerprint density at radius 2 is 1.59 bits per heavy atom. The van der Waals surface area contributed by atoms with Crippen LogP contribution in [0.2, 0.25) is 0 Å². The molecule has 0 aliphatic rings. The Morgan fingerprint density at radius 3 is 2.19 bits per heavy atom. The molecular weight excluding hydrogens is 434 g/mol. The highest BCUT2D eigenvalue weighted by atomic mass is 32.2. The van der Waals surface area contributed by atoms with Gasteiger partial charge in [0.25, 0.3) is 0 Å². The molecule has 32 heavy (non-hydrogen) atoms. The first-order valence-electron chi connectivity index (χ1n) is 10.3. The number of anilines is 1. The summed E-state index contributed by atoms with van der Waals surface area (Å²) in [5.41, 5.74) is 0.523. The van der Waals surface area contributed by atoms with Gasteiger partial charge >= 0.3 is 0 Å². The molecule has 0 aliphatic heterocycles. The summed E-state index contributed by atoms with van der Waals surface area (Å²) in [6, 6.07) is 11.4. The van der Waals surface area contributed by atoms with Gasteiger partial charge in [-0.3, -0.25) is 4.79 Å². The normalized spacial score (nSPS) is 13.1. The zero-order valence-corrected chi connectivity index (χ0v) is 19.2. The largest absolute Gasteiger partial charge is 0.483 e. The monoisotopic (exact) mass is 460 g/mol. The van der Waals surface area contributed by atoms with Crippen LogP contribution >= 0.6 is 11.8 Å². The summed E-state index contributed by atoms with van der Waals surface area (Å²) in [7, 11) is 0. The van der Waals surface area contributed by atoms with Gasteiger partial charge in [-0.2, -0.15) is 0 Å². The number of carbonyl (C=O) groups excluding carboxylic acids is 1. The third-order valence-electron chi connectivity index (χ3n) is 4.55. The maximum absolute atomic E-state index is 13.2. The molecule has 3 rings (SSSR count). The van der Waals surface area contributed by atoms with Gasteiger partial charge in [0.1, 0.15) is 17.4 Å². The van der Waals surface area contributed by atoms with Crippen LogP contribution in [0.15, 0.2) is 53.7 Å². The number of hydrogen-bond donors (Lipinski definition) is 1. The lowest BCUT2D eigenvalue weighted by Gasteiger charge is -2.18. The molecule has 9 heteroatoms. The highest BCUT2D eigenvalue weighted by Crippen LogP contribution is 2.28. The maximum atomic E-state index is 13.2. The number of nitrogens with zero attached hydrogens (tertiary/aromatic N) is 3. The van der Waals surface area contributed by atoms with Crippen LogP contribution in [0.5, 0.6) is 5.75 Å². The molecule has 1 heterocycles. The van der Waals surface area contributed by atoms with E-state index in [-0.39, 0.29) is 17.5 Å². The number of nitrogens with one attached hydrogen (secondary N) is 1. The molecule has 170 valence electrons. The van der Waals surface area contributed by atoms with Gasteiger partial charge in [-0.15, -0.1) is 10.2 Å². The molecule has 2 atom stereocenters. The lowest BCUT2D eigenvalue weighted by Crippen LogP contribution is -2.23. The van der Waals surface area contributed by atoms with E-state index in [2.05, 4.69) is 29.4 Å². The van der Waals surface area contributed by atoms with Gasteiger partial charge in [0.2, 0.25) is 5.91 Å². The Hall–Kier alpha value is -2.94. The van der Waals surface area contributed by atoms with Crippen molar-refractivity contribution in [2.24, 2.45) is 5.92 Å². The molecule has 0 bridgehead atoms. The van der Waals surface area contributed by atoms with E-state index < -0.39 is 11.4 Å². The predicted molar refractivity (Wildman–Crippen MR) is 121 cm³/mol. The van der Waals surface area contributed by atoms with Crippen molar-refractivity contribution in [2.45, 2.75) is 50.8 Å². The van der Waals surface area contributed by atoms with Crippen LogP contribution in [-0.4, -0.2) is 25.9 Å². The molecule has 0 saturated carbocycles. The molecule has 1 amide bonds. The summed E-state index contributed by atoms with van der Waals surface area (Å²) in [6.45, 7) is 8.43. The van der Waals surface area contributed by atoms with Crippen molar-refractivity contribution in [1.82, 2.24) is 14.8 Å². The second-order valence-electron chi connectivity index (χ2n) is 7.82. The Balaban J connectivity index is 1.74. The quantitative estimate of drug-likeness (QED) is 0.429. The predicted octanol–water partition coefficient (Wildman–Crippen LogP) is 5.47. The number of carbonyl (C=O) groups is 1. The first-order valence-corrected chi connectivity index (χ1v) is 11.2. The van der Waals surface area contributed by atoms with Gasteiger partial charge < -0.3 is 14.6 Å². The number of halogens is 2. The fourth-order valence-corrected chi connectivity index (χ4v) is 3.85. The van der Waals surface area contributed by atoms with Crippen LogP contribution in [0, 0.1) is 17.6 Å². The summed E-state index contributed by atoms with van der Waals surface area (Å²) in [5, 5.41) is 11.5. The molecule has 0 spiro atoms. The number of thioether (sulfide) groups is 1. The van der Waals surface area contributed by atoms with E-state index >= 15 is 0 Å². The molecular formula is C23H26F2N4O2S. The molecule has 2 aromatic carbocycles. The first-order chi connectivity index (χ1) is 15.2. The van der Waals surface area contributed by atoms with Crippen LogP contribution in [0.25, 0.3) is 0 Å². The molecule has 3 aromatic rings. The lowest BCUT2D eigenvalue weighted by atomic mass is 10.2. The van der Waals surface area contributed by atoms with Crippen LogP contribution in [0.4, 0.5) is 14.5 Å². The summed E-state index contributed by atoms with van der Waals surface area (Å²) in [6.07, 6.45) is -0.426. The van der Waals surface area contributed by atoms with E-state index in [1.807, 2.05) is 11.5 Å². The molecule has 1 N–H and O–H groups in total. The Bertz CT molecular complexity index is 1040. The first kappa shape index (κ1) is 23.7. The summed E-state index contributed by atoms with van der Waals surface area (Å²) in [4.78, 5) is 12.6. The number of rotatable bonds is 9. The van der Waals surface area contributed by atoms with Gasteiger partial charge in [-0.05, 0) is 68.3 Å². The summed E-state index contributed by atoms with van der Waals surface area (Å²) >= 11 is 1.29. The van der Waals surface area contributed by atoms with Crippen molar-refractivity contribution in [2.75, 3.05) is 5.32 Å². The van der Waals surface area contributed by atoms with Crippen molar-refractivity contribution in [3.63, 3.8) is 0 Å². The number of ether oxygens (including phenoxy) is 1. The molecule has 0 aliphatic carbocycles. The SMILES string of the molecule is CC(C)Cn1c(SC(C)C(=O)Nc2ccc(F)cc2)nnc1C(C)Oc1ccc(F)cc1. The second kappa shape index (κ2) is 10.6. The van der Waals surface area contributed by atoms with Crippen LogP contribution in [0.1, 0.15) is 39.6 Å². The second-order valence-corrected chi connectivity index (χ2v) is 9.12. The fourth-order valence-electron chi connectivity index (χ4n) is 2.98. The molecule has 2 unspecified atom stereocenters. The summed E-state index contributed by atoms with van der Waals surface area (Å²) < 4.78 is 34.1. The van der Waals surface area contributed by atoms with Gasteiger partial charge in [0, 0.05) is 12.2 Å². The molecule has 6 nitrogen and oxygen atoms in total. The van der Waals surface area contributed by atoms with Gasteiger partial charge in [-0.1, -0.05) is 25.6 Å². The summed E-state index contributed by atoms with van der Waals surface area (Å²) in [5.74, 6) is 0.538. The number of benzene rings is 2. The van der Waals surface area contributed by atoms with E-state index in [9.17, 15) is 13.6 Å². The third-order valence-corrected chi connectivity index (χ3v) is 5.63.